The molecule has 0 saturated heterocycles. The minimum absolute atomic E-state index is 0.0110. The van der Waals surface area contributed by atoms with Crippen molar-refractivity contribution in [2.75, 3.05) is 11.6 Å². The van der Waals surface area contributed by atoms with Crippen molar-refractivity contribution in [1.29, 1.82) is 15.8 Å². The first-order valence-electron chi connectivity index (χ1n) is 5.34. The number of alkyl halides is 3. The zero-order valence-corrected chi connectivity index (χ0v) is 11.4. The van der Waals surface area contributed by atoms with E-state index >= 15 is 0 Å². The molecule has 1 rings (SSSR count). The van der Waals surface area contributed by atoms with Crippen LogP contribution in [0.3, 0.4) is 0 Å². The molecule has 0 radical (unpaired) electrons. The summed E-state index contributed by atoms with van der Waals surface area (Å²) in [5.74, 6) is 0. The minimum atomic E-state index is -4.53. The largest absolute Gasteiger partial charge is 0.416 e. The van der Waals surface area contributed by atoms with Crippen molar-refractivity contribution in [2.45, 2.75) is 11.1 Å². The van der Waals surface area contributed by atoms with Crippen molar-refractivity contribution in [3.8, 4) is 18.2 Å². The van der Waals surface area contributed by atoms with Crippen molar-refractivity contribution in [3.63, 3.8) is 0 Å². The van der Waals surface area contributed by atoms with Crippen LogP contribution >= 0.6 is 11.8 Å². The third-order valence-corrected chi connectivity index (χ3v) is 3.17. The quantitative estimate of drug-likeness (QED) is 0.680. The Morgan fingerprint density at radius 3 is 2.19 bits per heavy atom. The highest BCUT2D eigenvalue weighted by Crippen LogP contribution is 2.35. The Hall–Kier alpha value is -2.63. The molecule has 0 amide bonds. The van der Waals surface area contributed by atoms with E-state index in [2.05, 4.69) is 5.32 Å². The maximum atomic E-state index is 12.7. The summed E-state index contributed by atoms with van der Waals surface area (Å²) in [6.45, 7) is 0. The summed E-state index contributed by atoms with van der Waals surface area (Å²) >= 11 is 1.17. The van der Waals surface area contributed by atoms with Gasteiger partial charge in [0, 0.05) is 4.90 Å². The highest BCUT2D eigenvalue weighted by atomic mass is 32.2. The number of nitriles is 3. The van der Waals surface area contributed by atoms with E-state index in [0.717, 1.165) is 12.1 Å². The lowest BCUT2D eigenvalue weighted by molar-refractivity contribution is -0.137. The predicted octanol–water partition coefficient (Wildman–Crippen LogP) is 3.66. The summed E-state index contributed by atoms with van der Waals surface area (Å²) in [7, 11) is 0. The number of halogens is 3. The molecule has 1 aromatic carbocycles. The second kappa shape index (κ2) is 6.69. The number of nitrogens with zero attached hydrogens (tertiary/aromatic N) is 3. The van der Waals surface area contributed by atoms with Crippen LogP contribution in [0.25, 0.3) is 0 Å². The van der Waals surface area contributed by atoms with E-state index in [-0.39, 0.29) is 5.69 Å². The molecule has 0 fully saturated rings. The number of hydrogen-bond donors (Lipinski definition) is 1. The summed E-state index contributed by atoms with van der Waals surface area (Å²) in [6, 6.07) is 7.62. The zero-order valence-electron chi connectivity index (χ0n) is 10.6. The van der Waals surface area contributed by atoms with Crippen LogP contribution in [-0.4, -0.2) is 6.26 Å². The van der Waals surface area contributed by atoms with Gasteiger partial charge in [-0.25, -0.2) is 0 Å². The van der Waals surface area contributed by atoms with Crippen molar-refractivity contribution >= 4 is 17.4 Å². The van der Waals surface area contributed by atoms with Gasteiger partial charge in [0.15, 0.2) is 5.57 Å². The highest BCUT2D eigenvalue weighted by Gasteiger charge is 2.31. The Balaban J connectivity index is 3.37. The minimum Gasteiger partial charge on any atom is -0.344 e. The number of rotatable bonds is 3. The van der Waals surface area contributed by atoms with Crippen molar-refractivity contribution < 1.29 is 13.2 Å². The van der Waals surface area contributed by atoms with E-state index in [0.29, 0.717) is 4.90 Å². The molecule has 0 aliphatic rings. The molecule has 0 saturated carbocycles. The van der Waals surface area contributed by atoms with Gasteiger partial charge in [0.2, 0.25) is 0 Å². The normalized spacial score (nSPS) is 9.95. The van der Waals surface area contributed by atoms with Gasteiger partial charge >= 0.3 is 6.18 Å². The number of anilines is 1. The third kappa shape index (κ3) is 3.92. The van der Waals surface area contributed by atoms with Gasteiger partial charge in [0.25, 0.3) is 0 Å². The summed E-state index contributed by atoms with van der Waals surface area (Å²) in [4.78, 5) is 0.450. The molecule has 0 atom stereocenters. The molecule has 0 spiro atoms. The van der Waals surface area contributed by atoms with Crippen LogP contribution in [0.5, 0.6) is 0 Å². The monoisotopic (exact) mass is 308 g/mol. The molecule has 21 heavy (non-hydrogen) atoms. The standard InChI is InChI=1S/C13H7F3N4S/c1-21-12-3-2-9(13(14,15)16)4-10(12)20-11(7-19)8(5-17)6-18/h2-4,20H,1H3. The molecule has 0 aromatic heterocycles. The number of nitrogens with one attached hydrogen (secondary N) is 1. The van der Waals surface area contributed by atoms with Crippen LogP contribution in [0.4, 0.5) is 18.9 Å². The summed E-state index contributed by atoms with van der Waals surface area (Å²) in [5.41, 5.74) is -1.77. The maximum absolute atomic E-state index is 12.7. The van der Waals surface area contributed by atoms with Gasteiger partial charge in [-0.05, 0) is 24.5 Å². The number of hydrogen-bond acceptors (Lipinski definition) is 5. The van der Waals surface area contributed by atoms with Crippen LogP contribution in [-0.2, 0) is 6.18 Å². The SMILES string of the molecule is CSc1ccc(C(F)(F)F)cc1NC(C#N)=C(C#N)C#N. The Morgan fingerprint density at radius 1 is 1.14 bits per heavy atom. The Bertz CT molecular complexity index is 686. The fraction of sp³-hybridized carbons (Fsp3) is 0.154. The van der Waals surface area contributed by atoms with Gasteiger partial charge < -0.3 is 5.32 Å². The van der Waals surface area contributed by atoms with Crippen LogP contribution in [0, 0.1) is 34.0 Å². The van der Waals surface area contributed by atoms with Gasteiger partial charge in [0.05, 0.1) is 11.3 Å². The lowest BCUT2D eigenvalue weighted by Crippen LogP contribution is -2.07. The van der Waals surface area contributed by atoms with Gasteiger partial charge in [-0.1, -0.05) is 0 Å². The first-order chi connectivity index (χ1) is 9.87. The van der Waals surface area contributed by atoms with Crippen molar-refractivity contribution in [2.24, 2.45) is 0 Å². The van der Waals surface area contributed by atoms with E-state index < -0.39 is 23.0 Å². The molecule has 0 aliphatic heterocycles. The number of benzene rings is 1. The van der Waals surface area contributed by atoms with E-state index in [4.69, 9.17) is 15.8 Å². The number of allylic oxidation sites excluding steroid dienone is 2. The lowest BCUT2D eigenvalue weighted by Gasteiger charge is -2.13. The van der Waals surface area contributed by atoms with E-state index in [1.54, 1.807) is 12.3 Å². The second-order valence-corrected chi connectivity index (χ2v) is 4.47. The first kappa shape index (κ1) is 16.4. The summed E-state index contributed by atoms with van der Waals surface area (Å²) in [5, 5.41) is 28.7. The zero-order chi connectivity index (χ0) is 16.0. The molecule has 1 aromatic rings. The van der Waals surface area contributed by atoms with Gasteiger partial charge in [-0.2, -0.15) is 29.0 Å². The molecular formula is C13H7F3N4S. The summed E-state index contributed by atoms with van der Waals surface area (Å²) in [6.07, 6.45) is -2.88. The average Bonchev–Trinajstić information content (AvgIpc) is 2.46. The lowest BCUT2D eigenvalue weighted by atomic mass is 10.1. The fourth-order valence-electron chi connectivity index (χ4n) is 1.40. The topological polar surface area (TPSA) is 83.4 Å². The molecule has 0 bridgehead atoms. The van der Waals surface area contributed by atoms with E-state index in [1.165, 1.54) is 30.0 Å². The highest BCUT2D eigenvalue weighted by molar-refractivity contribution is 7.98. The third-order valence-electron chi connectivity index (χ3n) is 2.37. The molecule has 4 nitrogen and oxygen atoms in total. The van der Waals surface area contributed by atoms with Gasteiger partial charge in [-0.15, -0.1) is 11.8 Å². The Labute approximate surface area is 123 Å². The molecule has 0 unspecified atom stereocenters. The Morgan fingerprint density at radius 2 is 1.76 bits per heavy atom. The molecule has 8 heteroatoms. The van der Waals surface area contributed by atoms with E-state index in [9.17, 15) is 13.2 Å². The molecular weight excluding hydrogens is 301 g/mol. The van der Waals surface area contributed by atoms with Crippen LogP contribution in [0.1, 0.15) is 5.56 Å². The average molecular weight is 308 g/mol. The molecule has 106 valence electrons. The number of thioether (sulfide) groups is 1. The molecule has 0 aliphatic carbocycles. The van der Waals surface area contributed by atoms with Crippen LogP contribution in [0.15, 0.2) is 34.4 Å². The van der Waals surface area contributed by atoms with Gasteiger partial charge in [-0.3, -0.25) is 0 Å². The first-order valence-corrected chi connectivity index (χ1v) is 6.56. The smallest absolute Gasteiger partial charge is 0.344 e. The Kier molecular flexibility index (Phi) is 5.24. The van der Waals surface area contributed by atoms with Crippen molar-refractivity contribution in [3.05, 3.63) is 35.0 Å². The predicted molar refractivity (Wildman–Crippen MR) is 70.7 cm³/mol. The molecule has 1 N–H and O–H groups in total. The molecule has 0 heterocycles. The van der Waals surface area contributed by atoms with E-state index in [1.807, 2.05) is 0 Å². The van der Waals surface area contributed by atoms with Gasteiger partial charge in [0.1, 0.15) is 23.9 Å². The maximum Gasteiger partial charge on any atom is 0.416 e. The van der Waals surface area contributed by atoms with Crippen LogP contribution < -0.4 is 5.32 Å². The fourth-order valence-corrected chi connectivity index (χ4v) is 1.93. The van der Waals surface area contributed by atoms with Crippen LogP contribution in [0.2, 0.25) is 0 Å². The second-order valence-electron chi connectivity index (χ2n) is 3.62. The summed E-state index contributed by atoms with van der Waals surface area (Å²) < 4.78 is 38.1. The van der Waals surface area contributed by atoms with Crippen molar-refractivity contribution in [1.82, 2.24) is 0 Å².